The van der Waals surface area contributed by atoms with Crippen LogP contribution in [0.25, 0.3) is 10.9 Å². The number of pyridine rings is 1. The van der Waals surface area contributed by atoms with Gasteiger partial charge < -0.3 is 20.1 Å². The molecular formula is C26H23FN4O4. The molecule has 0 aliphatic heterocycles. The van der Waals surface area contributed by atoms with E-state index >= 15 is 0 Å². The third kappa shape index (κ3) is 5.14. The van der Waals surface area contributed by atoms with Gasteiger partial charge in [0, 0.05) is 43.1 Å². The highest BCUT2D eigenvalue weighted by Crippen LogP contribution is 2.33. The van der Waals surface area contributed by atoms with E-state index in [2.05, 4.69) is 15.6 Å². The average molecular weight is 474 g/mol. The highest BCUT2D eigenvalue weighted by molar-refractivity contribution is 6.02. The van der Waals surface area contributed by atoms with E-state index in [0.29, 0.717) is 45.1 Å². The molecule has 0 saturated heterocycles. The topological polar surface area (TPSA) is 92.8 Å². The van der Waals surface area contributed by atoms with Gasteiger partial charge in [-0.25, -0.2) is 9.18 Å². The number of aromatic nitrogens is 1. The largest absolute Gasteiger partial charge is 0.496 e. The van der Waals surface area contributed by atoms with Crippen LogP contribution >= 0.6 is 0 Å². The van der Waals surface area contributed by atoms with Crippen molar-refractivity contribution in [3.8, 4) is 17.2 Å². The number of carbonyl (C=O) groups is 2. The quantitative estimate of drug-likeness (QED) is 0.401. The van der Waals surface area contributed by atoms with Gasteiger partial charge in [-0.2, -0.15) is 0 Å². The number of nitrogens with one attached hydrogen (secondary N) is 2. The van der Waals surface area contributed by atoms with E-state index in [-0.39, 0.29) is 17.8 Å². The van der Waals surface area contributed by atoms with Gasteiger partial charge in [0.2, 0.25) is 0 Å². The number of amides is 3. The summed E-state index contributed by atoms with van der Waals surface area (Å²) in [5.41, 5.74) is 2.09. The van der Waals surface area contributed by atoms with Crippen LogP contribution in [0.3, 0.4) is 0 Å². The zero-order chi connectivity index (χ0) is 24.9. The number of ether oxygens (including phenoxy) is 2. The zero-order valence-electron chi connectivity index (χ0n) is 19.3. The number of rotatable bonds is 6. The first-order valence-corrected chi connectivity index (χ1v) is 10.7. The van der Waals surface area contributed by atoms with Crippen LogP contribution in [0.15, 0.2) is 72.9 Å². The van der Waals surface area contributed by atoms with E-state index in [1.165, 1.54) is 36.3 Å². The minimum absolute atomic E-state index is 0.287. The van der Waals surface area contributed by atoms with Crippen LogP contribution in [0, 0.1) is 5.82 Å². The van der Waals surface area contributed by atoms with Crippen molar-refractivity contribution in [1.82, 2.24) is 10.3 Å². The summed E-state index contributed by atoms with van der Waals surface area (Å²) in [5, 5.41) is 5.95. The van der Waals surface area contributed by atoms with Crippen LogP contribution in [0.1, 0.15) is 10.4 Å². The minimum Gasteiger partial charge on any atom is -0.496 e. The van der Waals surface area contributed by atoms with Gasteiger partial charge in [0.1, 0.15) is 23.1 Å². The van der Waals surface area contributed by atoms with Crippen molar-refractivity contribution in [2.45, 2.75) is 0 Å². The molecule has 4 aromatic rings. The molecule has 1 heterocycles. The first-order valence-electron chi connectivity index (χ1n) is 10.7. The van der Waals surface area contributed by atoms with Gasteiger partial charge in [-0.3, -0.25) is 14.7 Å². The summed E-state index contributed by atoms with van der Waals surface area (Å²) in [4.78, 5) is 30.6. The summed E-state index contributed by atoms with van der Waals surface area (Å²) in [6.07, 6.45) is 1.61. The summed E-state index contributed by atoms with van der Waals surface area (Å²) in [6, 6.07) is 17.2. The van der Waals surface area contributed by atoms with Gasteiger partial charge in [-0.1, -0.05) is 0 Å². The molecule has 2 N–H and O–H groups in total. The molecule has 3 aromatic carbocycles. The van der Waals surface area contributed by atoms with E-state index in [1.807, 2.05) is 0 Å². The molecule has 178 valence electrons. The Morgan fingerprint density at radius 2 is 1.69 bits per heavy atom. The van der Waals surface area contributed by atoms with Gasteiger partial charge in [0.25, 0.3) is 5.91 Å². The van der Waals surface area contributed by atoms with Crippen molar-refractivity contribution < 1.29 is 23.5 Å². The lowest BCUT2D eigenvalue weighted by atomic mass is 10.1. The van der Waals surface area contributed by atoms with Crippen molar-refractivity contribution in [3.05, 3.63) is 84.3 Å². The Bertz CT molecular complexity index is 1380. The molecule has 0 radical (unpaired) electrons. The van der Waals surface area contributed by atoms with Crippen LogP contribution in [0.2, 0.25) is 0 Å². The second-order valence-electron chi connectivity index (χ2n) is 7.55. The predicted octanol–water partition coefficient (Wildman–Crippen LogP) is 5.20. The summed E-state index contributed by atoms with van der Waals surface area (Å²) in [6.45, 7) is 0. The predicted molar refractivity (Wildman–Crippen MR) is 132 cm³/mol. The molecule has 9 heteroatoms. The maximum atomic E-state index is 13.1. The number of benzene rings is 3. The van der Waals surface area contributed by atoms with E-state index in [0.717, 1.165) is 0 Å². The Labute approximate surface area is 201 Å². The third-order valence-electron chi connectivity index (χ3n) is 5.35. The standard InChI is InChI=1S/C26H23FN4O4/c1-28-25(32)21-14-20-22(15-24(21)34-3)29-13-12-23(20)35-19-10-8-18(9-11-19)31(2)26(33)30-17-6-4-16(27)5-7-17/h4-15H,1-3H3,(H,28,32)(H,30,33). The Hall–Kier alpha value is -4.66. The zero-order valence-corrected chi connectivity index (χ0v) is 19.3. The van der Waals surface area contributed by atoms with Gasteiger partial charge in [0.05, 0.1) is 18.2 Å². The molecule has 0 unspecified atom stereocenters. The van der Waals surface area contributed by atoms with Crippen LogP contribution < -0.4 is 25.0 Å². The third-order valence-corrected chi connectivity index (χ3v) is 5.35. The number of carbonyl (C=O) groups excluding carboxylic acids is 2. The number of methoxy groups -OCH3 is 1. The van der Waals surface area contributed by atoms with Crippen LogP contribution in [-0.4, -0.2) is 38.1 Å². The maximum absolute atomic E-state index is 13.1. The molecule has 0 aliphatic rings. The Morgan fingerprint density at radius 1 is 0.971 bits per heavy atom. The molecule has 0 fully saturated rings. The van der Waals surface area contributed by atoms with Gasteiger partial charge in [-0.15, -0.1) is 0 Å². The van der Waals surface area contributed by atoms with Crippen molar-refractivity contribution in [2.24, 2.45) is 0 Å². The Morgan fingerprint density at radius 3 is 2.34 bits per heavy atom. The molecule has 1 aromatic heterocycles. The summed E-state index contributed by atoms with van der Waals surface area (Å²) in [5.74, 6) is 0.791. The lowest BCUT2D eigenvalue weighted by molar-refractivity contribution is 0.0960. The maximum Gasteiger partial charge on any atom is 0.326 e. The Balaban J connectivity index is 1.54. The molecule has 4 rings (SSSR count). The van der Waals surface area contributed by atoms with E-state index < -0.39 is 0 Å². The Kier molecular flexibility index (Phi) is 6.77. The van der Waals surface area contributed by atoms with Crippen LogP contribution in [0.4, 0.5) is 20.6 Å². The first kappa shape index (κ1) is 23.5. The summed E-state index contributed by atoms with van der Waals surface area (Å²) >= 11 is 0. The van der Waals surface area contributed by atoms with Gasteiger partial charge in [-0.05, 0) is 60.7 Å². The van der Waals surface area contributed by atoms with Crippen molar-refractivity contribution >= 4 is 34.2 Å². The fraction of sp³-hybridized carbons (Fsp3) is 0.115. The summed E-state index contributed by atoms with van der Waals surface area (Å²) in [7, 11) is 4.66. The van der Waals surface area contributed by atoms with E-state index in [1.54, 1.807) is 62.8 Å². The average Bonchev–Trinajstić information content (AvgIpc) is 2.89. The van der Waals surface area contributed by atoms with Crippen molar-refractivity contribution in [1.29, 1.82) is 0 Å². The minimum atomic E-state index is -0.377. The second kappa shape index (κ2) is 10.1. The number of halogens is 1. The van der Waals surface area contributed by atoms with E-state index in [9.17, 15) is 14.0 Å². The molecule has 35 heavy (non-hydrogen) atoms. The molecule has 3 amide bonds. The fourth-order valence-corrected chi connectivity index (χ4v) is 3.44. The number of urea groups is 1. The van der Waals surface area contributed by atoms with Gasteiger partial charge >= 0.3 is 6.03 Å². The van der Waals surface area contributed by atoms with E-state index in [4.69, 9.17) is 9.47 Å². The fourth-order valence-electron chi connectivity index (χ4n) is 3.44. The number of anilines is 2. The smallest absolute Gasteiger partial charge is 0.326 e. The van der Waals surface area contributed by atoms with Crippen molar-refractivity contribution in [2.75, 3.05) is 31.4 Å². The van der Waals surface area contributed by atoms with Crippen LogP contribution in [0.5, 0.6) is 17.2 Å². The number of nitrogens with zero attached hydrogens (tertiary/aromatic N) is 2. The molecule has 0 aliphatic carbocycles. The highest BCUT2D eigenvalue weighted by atomic mass is 19.1. The van der Waals surface area contributed by atoms with Crippen molar-refractivity contribution in [3.63, 3.8) is 0 Å². The molecule has 8 nitrogen and oxygen atoms in total. The van der Waals surface area contributed by atoms with Crippen LogP contribution in [-0.2, 0) is 0 Å². The molecule has 0 atom stereocenters. The SMILES string of the molecule is CNC(=O)c1cc2c(Oc3ccc(N(C)C(=O)Nc4ccc(F)cc4)cc3)ccnc2cc1OC. The molecular weight excluding hydrogens is 451 g/mol. The first-order chi connectivity index (χ1) is 16.9. The number of hydrogen-bond donors (Lipinski definition) is 2. The van der Waals surface area contributed by atoms with Gasteiger partial charge in [0.15, 0.2) is 0 Å². The molecule has 0 spiro atoms. The molecule has 0 bridgehead atoms. The number of fused-ring (bicyclic) bond motifs is 1. The normalized spacial score (nSPS) is 10.5. The number of hydrogen-bond acceptors (Lipinski definition) is 5. The molecule has 0 saturated carbocycles. The monoisotopic (exact) mass is 474 g/mol. The lowest BCUT2D eigenvalue weighted by Crippen LogP contribution is -2.31. The summed E-state index contributed by atoms with van der Waals surface area (Å²) < 4.78 is 24.5. The highest BCUT2D eigenvalue weighted by Gasteiger charge is 2.16. The second-order valence-corrected chi connectivity index (χ2v) is 7.55. The lowest BCUT2D eigenvalue weighted by Gasteiger charge is -2.18.